The normalized spacial score (nSPS) is 14.6. The number of hydrogen-bond acceptors (Lipinski definition) is 7. The van der Waals surface area contributed by atoms with Gasteiger partial charge in [-0.3, -0.25) is 0 Å². The van der Waals surface area contributed by atoms with Crippen LogP contribution in [0.4, 0.5) is 17.2 Å². The Bertz CT molecular complexity index is 986. The molecule has 0 saturated carbocycles. The van der Waals surface area contributed by atoms with E-state index >= 15 is 0 Å². The van der Waals surface area contributed by atoms with Gasteiger partial charge < -0.3 is 25.0 Å². The highest BCUT2D eigenvalue weighted by Gasteiger charge is 2.18. The van der Waals surface area contributed by atoms with Crippen LogP contribution in [0.15, 0.2) is 42.7 Å². The third-order valence-electron chi connectivity index (χ3n) is 5.13. The van der Waals surface area contributed by atoms with Crippen molar-refractivity contribution in [2.24, 2.45) is 0 Å². The van der Waals surface area contributed by atoms with E-state index in [1.807, 2.05) is 38.4 Å². The summed E-state index contributed by atoms with van der Waals surface area (Å²) in [4.78, 5) is 11.0. The lowest BCUT2D eigenvalue weighted by atomic mass is 10.1. The molecule has 7 heteroatoms. The van der Waals surface area contributed by atoms with Crippen molar-refractivity contribution in [3.8, 4) is 11.5 Å². The number of nitrogens with zero attached hydrogens (tertiary/aromatic N) is 3. The molecule has 0 radical (unpaired) electrons. The molecule has 1 aliphatic rings. The van der Waals surface area contributed by atoms with Crippen LogP contribution in [0, 0.1) is 0 Å². The van der Waals surface area contributed by atoms with Gasteiger partial charge in [0.05, 0.1) is 12.6 Å². The van der Waals surface area contributed by atoms with E-state index in [4.69, 9.17) is 9.47 Å². The number of benzene rings is 2. The van der Waals surface area contributed by atoms with Crippen LogP contribution in [-0.4, -0.2) is 50.4 Å². The van der Waals surface area contributed by atoms with E-state index in [1.165, 1.54) is 0 Å². The maximum Gasteiger partial charge on any atom is 0.162 e. The lowest BCUT2D eigenvalue weighted by molar-refractivity contribution is 0.157. The zero-order chi connectivity index (χ0) is 20.2. The van der Waals surface area contributed by atoms with Crippen molar-refractivity contribution in [2.75, 3.05) is 44.5 Å². The van der Waals surface area contributed by atoms with Gasteiger partial charge in [0.25, 0.3) is 0 Å². The Hall–Kier alpha value is -3.06. The lowest BCUT2D eigenvalue weighted by Gasteiger charge is -2.25. The van der Waals surface area contributed by atoms with Crippen molar-refractivity contribution in [1.82, 2.24) is 15.3 Å². The second-order valence-electron chi connectivity index (χ2n) is 7.38. The van der Waals surface area contributed by atoms with E-state index in [2.05, 4.69) is 37.6 Å². The number of rotatable bonds is 6. The summed E-state index contributed by atoms with van der Waals surface area (Å²) in [6, 6.07) is 12.1. The topological polar surface area (TPSA) is 71.5 Å². The summed E-state index contributed by atoms with van der Waals surface area (Å²) in [5.41, 5.74) is 2.89. The minimum Gasteiger partial charge on any atom is -0.493 e. The third-order valence-corrected chi connectivity index (χ3v) is 5.13. The monoisotopic (exact) mass is 393 g/mol. The lowest BCUT2D eigenvalue weighted by Crippen LogP contribution is -2.34. The molecule has 4 rings (SSSR count). The largest absolute Gasteiger partial charge is 0.493 e. The van der Waals surface area contributed by atoms with Crippen LogP contribution < -0.4 is 25.0 Å². The zero-order valence-electron chi connectivity index (χ0n) is 17.1. The Labute approximate surface area is 171 Å². The summed E-state index contributed by atoms with van der Waals surface area (Å²) in [6.07, 6.45) is 3.71. The highest BCUT2D eigenvalue weighted by Crippen LogP contribution is 2.36. The van der Waals surface area contributed by atoms with Gasteiger partial charge in [0.2, 0.25) is 0 Å². The number of piperidine rings is 1. The average Bonchev–Trinajstić information content (AvgIpc) is 2.74. The Morgan fingerprint density at radius 2 is 1.90 bits per heavy atom. The Balaban J connectivity index is 1.69. The van der Waals surface area contributed by atoms with Crippen molar-refractivity contribution >= 4 is 28.1 Å². The Morgan fingerprint density at radius 1 is 1.07 bits per heavy atom. The van der Waals surface area contributed by atoms with Gasteiger partial charge in [-0.05, 0) is 50.2 Å². The van der Waals surface area contributed by atoms with Crippen LogP contribution in [0.1, 0.15) is 12.8 Å². The van der Waals surface area contributed by atoms with Gasteiger partial charge in [0.1, 0.15) is 18.2 Å². The zero-order valence-corrected chi connectivity index (χ0v) is 17.1. The minimum atomic E-state index is 0.181. The van der Waals surface area contributed by atoms with Gasteiger partial charge in [0.15, 0.2) is 11.5 Å². The molecule has 2 N–H and O–H groups in total. The molecule has 152 valence electrons. The SMILES string of the molecule is COc1cc2ncnc(Nc3cccc(N(C)C)c3)c2cc1OC1CCNCC1. The second-order valence-corrected chi connectivity index (χ2v) is 7.38. The molecule has 1 fully saturated rings. The molecule has 0 unspecified atom stereocenters. The molecule has 0 amide bonds. The molecule has 0 aliphatic carbocycles. The van der Waals surface area contributed by atoms with Crippen LogP contribution in [0.25, 0.3) is 10.9 Å². The summed E-state index contributed by atoms with van der Waals surface area (Å²) >= 11 is 0. The number of nitrogens with one attached hydrogen (secondary N) is 2. The van der Waals surface area contributed by atoms with Crippen molar-refractivity contribution in [2.45, 2.75) is 18.9 Å². The molecule has 1 aliphatic heterocycles. The standard InChI is InChI=1S/C22H27N5O2/c1-27(2)16-6-4-5-15(11-16)26-22-18-12-21(29-17-7-9-23-10-8-17)20(28-3)13-19(18)24-14-25-22/h4-6,11-14,17,23H,7-10H2,1-3H3,(H,24,25,26). The number of methoxy groups -OCH3 is 1. The maximum atomic E-state index is 6.29. The van der Waals surface area contributed by atoms with E-state index < -0.39 is 0 Å². The Morgan fingerprint density at radius 3 is 2.66 bits per heavy atom. The average molecular weight is 393 g/mol. The first-order valence-corrected chi connectivity index (χ1v) is 9.88. The minimum absolute atomic E-state index is 0.181. The molecule has 3 aromatic rings. The number of anilines is 3. The fourth-order valence-corrected chi connectivity index (χ4v) is 3.51. The third kappa shape index (κ3) is 4.35. The van der Waals surface area contributed by atoms with Crippen LogP contribution in [0.5, 0.6) is 11.5 Å². The molecule has 0 spiro atoms. The second kappa shape index (κ2) is 8.53. The molecule has 1 saturated heterocycles. The highest BCUT2D eigenvalue weighted by atomic mass is 16.5. The van der Waals surface area contributed by atoms with E-state index in [9.17, 15) is 0 Å². The summed E-state index contributed by atoms with van der Waals surface area (Å²) in [5.74, 6) is 2.16. The number of ether oxygens (including phenoxy) is 2. The van der Waals surface area contributed by atoms with Crippen LogP contribution in [-0.2, 0) is 0 Å². The first-order valence-electron chi connectivity index (χ1n) is 9.88. The van der Waals surface area contributed by atoms with Crippen LogP contribution in [0.3, 0.4) is 0 Å². The summed E-state index contributed by atoms with van der Waals surface area (Å²) in [6.45, 7) is 1.94. The van der Waals surface area contributed by atoms with Crippen LogP contribution >= 0.6 is 0 Å². The van der Waals surface area contributed by atoms with E-state index in [0.29, 0.717) is 5.75 Å². The maximum absolute atomic E-state index is 6.29. The smallest absolute Gasteiger partial charge is 0.162 e. The molecule has 7 nitrogen and oxygen atoms in total. The van der Waals surface area contributed by atoms with Gasteiger partial charge >= 0.3 is 0 Å². The molecule has 2 aromatic carbocycles. The first kappa shape index (κ1) is 19.3. The van der Waals surface area contributed by atoms with Gasteiger partial charge in [-0.15, -0.1) is 0 Å². The molecule has 2 heterocycles. The van der Waals surface area contributed by atoms with Crippen LogP contribution in [0.2, 0.25) is 0 Å². The summed E-state index contributed by atoms with van der Waals surface area (Å²) < 4.78 is 11.9. The fourth-order valence-electron chi connectivity index (χ4n) is 3.51. The molecule has 29 heavy (non-hydrogen) atoms. The first-order chi connectivity index (χ1) is 14.1. The molecular formula is C22H27N5O2. The van der Waals surface area contributed by atoms with Crippen molar-refractivity contribution in [1.29, 1.82) is 0 Å². The predicted molar refractivity (Wildman–Crippen MR) is 117 cm³/mol. The van der Waals surface area contributed by atoms with Gasteiger partial charge in [-0.2, -0.15) is 0 Å². The van der Waals surface area contributed by atoms with E-state index in [1.54, 1.807) is 13.4 Å². The van der Waals surface area contributed by atoms with Crippen molar-refractivity contribution in [3.63, 3.8) is 0 Å². The van der Waals surface area contributed by atoms with Gasteiger partial charge in [0, 0.05) is 36.9 Å². The molecule has 1 aromatic heterocycles. The molecular weight excluding hydrogens is 366 g/mol. The number of hydrogen-bond donors (Lipinski definition) is 2. The molecule has 0 bridgehead atoms. The van der Waals surface area contributed by atoms with Gasteiger partial charge in [-0.25, -0.2) is 9.97 Å². The number of aromatic nitrogens is 2. The number of fused-ring (bicyclic) bond motifs is 1. The van der Waals surface area contributed by atoms with E-state index in [-0.39, 0.29) is 6.10 Å². The predicted octanol–water partition coefficient (Wildman–Crippen LogP) is 3.58. The van der Waals surface area contributed by atoms with Crippen molar-refractivity contribution in [3.05, 3.63) is 42.7 Å². The fraction of sp³-hybridized carbons (Fsp3) is 0.364. The van der Waals surface area contributed by atoms with E-state index in [0.717, 1.165) is 59.8 Å². The quantitative estimate of drug-likeness (QED) is 0.663. The Kier molecular flexibility index (Phi) is 5.67. The summed E-state index contributed by atoms with van der Waals surface area (Å²) in [7, 11) is 5.70. The highest BCUT2D eigenvalue weighted by molar-refractivity contribution is 5.93. The molecule has 0 atom stereocenters. The van der Waals surface area contributed by atoms with Crippen molar-refractivity contribution < 1.29 is 9.47 Å². The van der Waals surface area contributed by atoms with Gasteiger partial charge in [-0.1, -0.05) is 6.07 Å². The summed E-state index contributed by atoms with van der Waals surface area (Å²) in [5, 5.41) is 7.69.